The second-order valence-electron chi connectivity index (χ2n) is 7.41. The van der Waals surface area contributed by atoms with Crippen LogP contribution in [0.25, 0.3) is 0 Å². The Morgan fingerprint density at radius 2 is 1.93 bits per heavy atom. The third-order valence-corrected chi connectivity index (χ3v) is 5.20. The molecule has 0 radical (unpaired) electrons. The summed E-state index contributed by atoms with van der Waals surface area (Å²) in [4.78, 5) is 23.5. The van der Waals surface area contributed by atoms with Gasteiger partial charge in [-0.1, -0.05) is 38.1 Å². The quantitative estimate of drug-likeness (QED) is 0.556. The summed E-state index contributed by atoms with van der Waals surface area (Å²) in [6.07, 6.45) is 1.41. The molecule has 0 saturated carbocycles. The number of hydrazone groups is 1. The lowest BCUT2D eigenvalue weighted by molar-refractivity contribution is -0.384. The molecule has 0 aliphatic carbocycles. The molecular weight excluding hydrogens is 408 g/mol. The van der Waals surface area contributed by atoms with Crippen LogP contribution in [0.5, 0.6) is 0 Å². The van der Waals surface area contributed by atoms with E-state index in [4.69, 9.17) is 0 Å². The van der Waals surface area contributed by atoms with E-state index in [9.17, 15) is 23.3 Å². The highest BCUT2D eigenvalue weighted by atomic mass is 32.2. The number of benzene rings is 2. The molecule has 0 fully saturated rings. The molecule has 1 N–H and O–H groups in total. The molecule has 1 amide bonds. The fourth-order valence-corrected chi connectivity index (χ4v) is 3.79. The lowest BCUT2D eigenvalue weighted by Gasteiger charge is -2.23. The lowest BCUT2D eigenvalue weighted by atomic mass is 9.97. The predicted octanol–water partition coefficient (Wildman–Crippen LogP) is 3.30. The summed E-state index contributed by atoms with van der Waals surface area (Å²) in [5.41, 5.74) is 2.20. The summed E-state index contributed by atoms with van der Waals surface area (Å²) in [7, 11) is -3.44. The summed E-state index contributed by atoms with van der Waals surface area (Å²) in [6, 6.07) is 12.4. The number of carbonyl (C=O) groups excluding carboxylic acids is 1. The van der Waals surface area contributed by atoms with E-state index in [1.54, 1.807) is 50.2 Å². The number of sulfonamides is 1. The van der Waals surface area contributed by atoms with Gasteiger partial charge in [-0.25, -0.2) is 13.4 Å². The minimum Gasteiger partial charge on any atom is -0.284 e. The number of nitro groups is 1. The summed E-state index contributed by atoms with van der Waals surface area (Å²) in [5.74, 6) is -0.514. The first-order valence-electron chi connectivity index (χ1n) is 9.28. The topological polar surface area (TPSA) is 122 Å². The number of nitrogens with one attached hydrogen (secondary N) is 1. The Morgan fingerprint density at radius 1 is 1.23 bits per heavy atom. The van der Waals surface area contributed by atoms with E-state index in [2.05, 4.69) is 9.82 Å². The van der Waals surface area contributed by atoms with Crippen LogP contribution >= 0.6 is 0 Å². The molecule has 0 saturated heterocycles. The highest BCUT2D eigenvalue weighted by Gasteiger charge is 2.34. The van der Waals surface area contributed by atoms with Gasteiger partial charge in [0.15, 0.2) is 0 Å². The van der Waals surface area contributed by atoms with Crippen molar-refractivity contribution in [1.29, 1.82) is 0 Å². The Hall–Kier alpha value is -3.27. The van der Waals surface area contributed by atoms with Gasteiger partial charge in [0.2, 0.25) is 15.9 Å². The number of nitro benzene ring substituents is 1. The summed E-state index contributed by atoms with van der Waals surface area (Å²) >= 11 is 0. The number of nitrogens with zero attached hydrogens (tertiary/aromatic N) is 3. The standard InChI is InChI=1S/C20H22N4O5S/c1-13(2)20(25)23-19(15-7-5-9-17(11-15)24(26)27)12-18(21-23)14-6-4-8-16(10-14)22-30(3,28)29/h4-11,13,19,22H,12H2,1-3H3. The Labute approximate surface area is 174 Å². The molecule has 0 spiro atoms. The normalized spacial score (nSPS) is 16.5. The van der Waals surface area contributed by atoms with Gasteiger partial charge in [0, 0.05) is 30.2 Å². The SMILES string of the molecule is CC(C)C(=O)N1N=C(c2cccc(NS(C)(=O)=O)c2)CC1c1cccc([N+](=O)[O-])c1. The zero-order valence-electron chi connectivity index (χ0n) is 16.8. The molecule has 1 heterocycles. The maximum absolute atomic E-state index is 12.8. The van der Waals surface area contributed by atoms with Gasteiger partial charge < -0.3 is 0 Å². The number of carbonyl (C=O) groups is 1. The van der Waals surface area contributed by atoms with E-state index in [1.807, 2.05) is 0 Å². The second-order valence-corrected chi connectivity index (χ2v) is 9.16. The molecule has 1 aliphatic heterocycles. The number of non-ortho nitro benzene ring substituents is 1. The molecule has 1 aliphatic rings. The Bertz CT molecular complexity index is 1130. The van der Waals surface area contributed by atoms with E-state index in [0.29, 0.717) is 28.9 Å². The molecular formula is C20H22N4O5S. The average molecular weight is 430 g/mol. The van der Waals surface area contributed by atoms with Crippen molar-refractivity contribution in [1.82, 2.24) is 5.01 Å². The molecule has 3 rings (SSSR count). The van der Waals surface area contributed by atoms with Crippen LogP contribution in [-0.2, 0) is 14.8 Å². The van der Waals surface area contributed by atoms with Crippen LogP contribution < -0.4 is 4.72 Å². The van der Waals surface area contributed by atoms with Gasteiger partial charge in [-0.3, -0.25) is 19.6 Å². The van der Waals surface area contributed by atoms with Gasteiger partial charge >= 0.3 is 0 Å². The molecule has 1 unspecified atom stereocenters. The van der Waals surface area contributed by atoms with Crippen molar-refractivity contribution < 1.29 is 18.1 Å². The summed E-state index contributed by atoms with van der Waals surface area (Å²) in [6.45, 7) is 3.52. The van der Waals surface area contributed by atoms with Gasteiger partial charge in [0.25, 0.3) is 5.69 Å². The van der Waals surface area contributed by atoms with Crippen LogP contribution in [-0.4, -0.2) is 36.2 Å². The van der Waals surface area contributed by atoms with Gasteiger partial charge in [0.1, 0.15) is 0 Å². The van der Waals surface area contributed by atoms with E-state index >= 15 is 0 Å². The van der Waals surface area contributed by atoms with Crippen LogP contribution in [0, 0.1) is 16.0 Å². The van der Waals surface area contributed by atoms with Crippen LogP contribution in [0.1, 0.15) is 37.4 Å². The van der Waals surface area contributed by atoms with E-state index in [-0.39, 0.29) is 17.5 Å². The minimum absolute atomic E-state index is 0.0581. The molecule has 1 atom stereocenters. The number of anilines is 1. The van der Waals surface area contributed by atoms with Gasteiger partial charge in [-0.05, 0) is 23.3 Å². The van der Waals surface area contributed by atoms with Crippen LogP contribution in [0.15, 0.2) is 53.6 Å². The predicted molar refractivity (Wildman–Crippen MR) is 114 cm³/mol. The first kappa shape index (κ1) is 21.4. The molecule has 10 heteroatoms. The molecule has 9 nitrogen and oxygen atoms in total. The van der Waals surface area contributed by atoms with Crippen molar-refractivity contribution >= 4 is 33.0 Å². The summed E-state index contributed by atoms with van der Waals surface area (Å²) in [5, 5.41) is 17.0. The van der Waals surface area contributed by atoms with E-state index in [1.165, 1.54) is 17.1 Å². The molecule has 2 aromatic carbocycles. The minimum atomic E-state index is -3.44. The first-order valence-corrected chi connectivity index (χ1v) is 11.2. The Balaban J connectivity index is 1.99. The highest BCUT2D eigenvalue weighted by Crippen LogP contribution is 2.35. The molecule has 158 valence electrons. The molecule has 2 aromatic rings. The zero-order chi connectivity index (χ0) is 22.1. The largest absolute Gasteiger partial charge is 0.284 e. The summed E-state index contributed by atoms with van der Waals surface area (Å²) < 4.78 is 25.5. The van der Waals surface area contributed by atoms with Crippen LogP contribution in [0.2, 0.25) is 0 Å². The fraction of sp³-hybridized carbons (Fsp3) is 0.300. The van der Waals surface area contributed by atoms with Gasteiger partial charge in [0.05, 0.1) is 22.9 Å². The number of rotatable bonds is 6. The van der Waals surface area contributed by atoms with Crippen LogP contribution in [0.3, 0.4) is 0 Å². The van der Waals surface area contributed by atoms with Crippen molar-refractivity contribution in [3.8, 4) is 0 Å². The van der Waals surface area contributed by atoms with E-state index in [0.717, 1.165) is 6.26 Å². The third-order valence-electron chi connectivity index (χ3n) is 4.59. The Morgan fingerprint density at radius 3 is 2.57 bits per heavy atom. The maximum Gasteiger partial charge on any atom is 0.269 e. The Kier molecular flexibility index (Phi) is 5.88. The number of hydrogen-bond acceptors (Lipinski definition) is 6. The number of hydrogen-bond donors (Lipinski definition) is 1. The molecule has 30 heavy (non-hydrogen) atoms. The van der Waals surface area contributed by atoms with Gasteiger partial charge in [-0.2, -0.15) is 5.10 Å². The fourth-order valence-electron chi connectivity index (χ4n) is 3.23. The third kappa shape index (κ3) is 4.82. The molecule has 0 aromatic heterocycles. The lowest BCUT2D eigenvalue weighted by Crippen LogP contribution is -2.30. The van der Waals surface area contributed by atoms with Crippen molar-refractivity contribution in [2.75, 3.05) is 11.0 Å². The van der Waals surface area contributed by atoms with Crippen molar-refractivity contribution in [3.05, 3.63) is 69.8 Å². The van der Waals surface area contributed by atoms with Crippen LogP contribution in [0.4, 0.5) is 11.4 Å². The molecule has 0 bridgehead atoms. The van der Waals surface area contributed by atoms with Crippen molar-refractivity contribution in [2.45, 2.75) is 26.3 Å². The highest BCUT2D eigenvalue weighted by molar-refractivity contribution is 7.92. The maximum atomic E-state index is 12.8. The zero-order valence-corrected chi connectivity index (χ0v) is 17.6. The average Bonchev–Trinajstić information content (AvgIpc) is 3.11. The first-order chi connectivity index (χ1) is 14.0. The monoisotopic (exact) mass is 430 g/mol. The number of amides is 1. The van der Waals surface area contributed by atoms with Crippen molar-refractivity contribution in [3.63, 3.8) is 0 Å². The van der Waals surface area contributed by atoms with Gasteiger partial charge in [-0.15, -0.1) is 0 Å². The smallest absolute Gasteiger partial charge is 0.269 e. The second kappa shape index (κ2) is 8.23. The van der Waals surface area contributed by atoms with E-state index < -0.39 is 21.0 Å². The van der Waals surface area contributed by atoms with Crippen molar-refractivity contribution in [2.24, 2.45) is 11.0 Å².